The Labute approximate surface area is 174 Å². The highest BCUT2D eigenvalue weighted by atomic mass is 32.1. The largest absolute Gasteiger partial charge is 0.496 e. The van der Waals surface area contributed by atoms with Crippen LogP contribution in [-0.4, -0.2) is 31.7 Å². The van der Waals surface area contributed by atoms with Crippen LogP contribution in [0, 0.1) is 5.92 Å². The molecule has 2 aliphatic rings. The Morgan fingerprint density at radius 2 is 1.93 bits per heavy atom. The van der Waals surface area contributed by atoms with Gasteiger partial charge in [0, 0.05) is 40.1 Å². The average molecular weight is 410 g/mol. The summed E-state index contributed by atoms with van der Waals surface area (Å²) < 4.78 is 10.6. The molecule has 0 spiro atoms. The number of hydrogen-bond donors (Lipinski definition) is 0. The van der Waals surface area contributed by atoms with Gasteiger partial charge in [-0.2, -0.15) is 0 Å². The number of rotatable bonds is 4. The van der Waals surface area contributed by atoms with Gasteiger partial charge in [-0.25, -0.2) is 0 Å². The normalized spacial score (nSPS) is 24.0. The SMILES string of the molecule is COC(=O)C1C(C)=NC2=C(C(=O)C[C@H](c3ccccc3OC)C2)[C@H]1c1cccs1. The summed E-state index contributed by atoms with van der Waals surface area (Å²) in [5.41, 5.74) is 3.17. The number of ketones is 1. The van der Waals surface area contributed by atoms with Crippen LogP contribution in [0.15, 0.2) is 58.0 Å². The number of benzene rings is 1. The van der Waals surface area contributed by atoms with Crippen molar-refractivity contribution in [3.05, 3.63) is 63.5 Å². The van der Waals surface area contributed by atoms with E-state index in [1.807, 2.05) is 48.7 Å². The van der Waals surface area contributed by atoms with E-state index in [4.69, 9.17) is 14.5 Å². The molecule has 0 N–H and O–H groups in total. The molecule has 29 heavy (non-hydrogen) atoms. The maximum absolute atomic E-state index is 13.4. The van der Waals surface area contributed by atoms with E-state index in [9.17, 15) is 9.59 Å². The van der Waals surface area contributed by atoms with Gasteiger partial charge in [0.15, 0.2) is 5.78 Å². The molecule has 0 saturated carbocycles. The third-order valence-electron chi connectivity index (χ3n) is 5.77. The highest BCUT2D eigenvalue weighted by Gasteiger charge is 2.45. The lowest BCUT2D eigenvalue weighted by molar-refractivity contribution is -0.143. The zero-order chi connectivity index (χ0) is 20.5. The van der Waals surface area contributed by atoms with E-state index in [1.165, 1.54) is 7.11 Å². The fraction of sp³-hybridized carbons (Fsp3) is 0.348. The van der Waals surface area contributed by atoms with Gasteiger partial charge in [-0.05, 0) is 36.4 Å². The number of nitrogens with zero attached hydrogens (tertiary/aromatic N) is 1. The van der Waals surface area contributed by atoms with Gasteiger partial charge in [0.1, 0.15) is 11.7 Å². The first-order valence-corrected chi connectivity index (χ1v) is 10.5. The minimum absolute atomic E-state index is 0.00705. The molecule has 5 nitrogen and oxygen atoms in total. The Morgan fingerprint density at radius 1 is 1.14 bits per heavy atom. The molecule has 0 bridgehead atoms. The van der Waals surface area contributed by atoms with Gasteiger partial charge < -0.3 is 9.47 Å². The number of hydrogen-bond acceptors (Lipinski definition) is 6. The minimum atomic E-state index is -0.566. The van der Waals surface area contributed by atoms with Crippen molar-refractivity contribution >= 4 is 28.8 Å². The van der Waals surface area contributed by atoms with Crippen molar-refractivity contribution in [1.82, 2.24) is 0 Å². The number of Topliss-reactive ketones (excluding diaryl/α,β-unsaturated/α-hetero) is 1. The molecule has 0 fully saturated rings. The van der Waals surface area contributed by atoms with E-state index >= 15 is 0 Å². The molecular formula is C23H23NO4S. The quantitative estimate of drug-likeness (QED) is 0.697. The van der Waals surface area contributed by atoms with Crippen molar-refractivity contribution in [2.24, 2.45) is 10.9 Å². The standard InChI is InChI=1S/C23H23NO4S/c1-13-20(23(26)28-3)22(19-9-6-10-29-19)21-16(24-13)11-14(12-17(21)25)15-7-4-5-8-18(15)27-2/h4-10,14,20,22H,11-12H2,1-3H3/t14-,20?,22+/m1/s1. The Balaban J connectivity index is 1.79. The van der Waals surface area contributed by atoms with Crippen molar-refractivity contribution in [2.45, 2.75) is 31.6 Å². The Morgan fingerprint density at radius 3 is 2.62 bits per heavy atom. The second-order valence-electron chi connectivity index (χ2n) is 7.38. The number of esters is 1. The van der Waals surface area contributed by atoms with Crippen molar-refractivity contribution in [1.29, 1.82) is 0 Å². The van der Waals surface area contributed by atoms with E-state index in [2.05, 4.69) is 0 Å². The summed E-state index contributed by atoms with van der Waals surface area (Å²) >= 11 is 1.55. The summed E-state index contributed by atoms with van der Waals surface area (Å²) in [7, 11) is 3.02. The van der Waals surface area contributed by atoms with Gasteiger partial charge in [-0.1, -0.05) is 24.3 Å². The molecule has 1 aliphatic heterocycles. The second-order valence-corrected chi connectivity index (χ2v) is 8.36. The third kappa shape index (κ3) is 3.42. The lowest BCUT2D eigenvalue weighted by atomic mass is 9.71. The summed E-state index contributed by atoms with van der Waals surface area (Å²) in [6.45, 7) is 1.85. The van der Waals surface area contributed by atoms with E-state index < -0.39 is 5.92 Å². The van der Waals surface area contributed by atoms with Gasteiger partial charge in [0.25, 0.3) is 0 Å². The molecule has 3 atom stereocenters. The monoisotopic (exact) mass is 409 g/mol. The third-order valence-corrected chi connectivity index (χ3v) is 6.73. The molecule has 1 unspecified atom stereocenters. The zero-order valence-electron chi connectivity index (χ0n) is 16.7. The predicted molar refractivity (Wildman–Crippen MR) is 113 cm³/mol. The molecule has 1 aromatic heterocycles. The molecule has 0 saturated heterocycles. The zero-order valence-corrected chi connectivity index (χ0v) is 17.5. The smallest absolute Gasteiger partial charge is 0.315 e. The summed E-state index contributed by atoms with van der Waals surface area (Å²) in [6, 6.07) is 11.7. The number of carbonyl (C=O) groups is 2. The van der Waals surface area contributed by atoms with Crippen LogP contribution in [0.1, 0.15) is 42.0 Å². The Kier molecular flexibility index (Phi) is 5.37. The Bertz CT molecular complexity index is 1010. The van der Waals surface area contributed by atoms with Crippen LogP contribution in [0.5, 0.6) is 5.75 Å². The number of allylic oxidation sites excluding steroid dienone is 2. The molecule has 2 heterocycles. The fourth-order valence-corrected chi connectivity index (χ4v) is 5.36. The van der Waals surface area contributed by atoms with Crippen LogP contribution in [0.4, 0.5) is 0 Å². The summed E-state index contributed by atoms with van der Waals surface area (Å²) in [5, 5.41) is 1.97. The van der Waals surface area contributed by atoms with Crippen LogP contribution < -0.4 is 4.74 Å². The molecule has 0 amide bonds. The lowest BCUT2D eigenvalue weighted by Gasteiger charge is -2.35. The molecule has 0 radical (unpaired) electrons. The first-order chi connectivity index (χ1) is 14.0. The summed E-state index contributed by atoms with van der Waals surface area (Å²) in [4.78, 5) is 31.7. The maximum atomic E-state index is 13.4. The maximum Gasteiger partial charge on any atom is 0.315 e. The van der Waals surface area contributed by atoms with Crippen LogP contribution in [0.2, 0.25) is 0 Å². The highest BCUT2D eigenvalue weighted by Crippen LogP contribution is 2.48. The van der Waals surface area contributed by atoms with Crippen molar-refractivity contribution < 1.29 is 19.1 Å². The van der Waals surface area contributed by atoms with E-state index in [0.717, 1.165) is 21.9 Å². The molecule has 2 aromatic rings. The first kappa shape index (κ1) is 19.6. The van der Waals surface area contributed by atoms with Gasteiger partial charge in [0.2, 0.25) is 0 Å². The predicted octanol–water partition coefficient (Wildman–Crippen LogP) is 4.50. The molecule has 6 heteroatoms. The summed E-state index contributed by atoms with van der Waals surface area (Å²) in [5.74, 6) is -0.410. The van der Waals surface area contributed by atoms with Crippen LogP contribution in [0.3, 0.4) is 0 Å². The lowest BCUT2D eigenvalue weighted by Crippen LogP contribution is -2.37. The molecule has 1 aromatic carbocycles. The van der Waals surface area contributed by atoms with Gasteiger partial charge >= 0.3 is 5.97 Å². The number of aliphatic imine (C=N–C) groups is 1. The first-order valence-electron chi connectivity index (χ1n) is 9.60. The van der Waals surface area contributed by atoms with E-state index in [0.29, 0.717) is 24.1 Å². The van der Waals surface area contributed by atoms with Crippen LogP contribution in [-0.2, 0) is 14.3 Å². The second kappa shape index (κ2) is 7.95. The van der Waals surface area contributed by atoms with Crippen molar-refractivity contribution in [3.8, 4) is 5.75 Å². The number of thiophene rings is 1. The average Bonchev–Trinajstić information content (AvgIpc) is 3.26. The van der Waals surface area contributed by atoms with Crippen LogP contribution >= 0.6 is 11.3 Å². The molecule has 4 rings (SSSR count). The Hall–Kier alpha value is -2.73. The number of ether oxygens (including phenoxy) is 2. The number of methoxy groups -OCH3 is 2. The molecular weight excluding hydrogens is 386 g/mol. The minimum Gasteiger partial charge on any atom is -0.496 e. The van der Waals surface area contributed by atoms with Crippen molar-refractivity contribution in [2.75, 3.05) is 14.2 Å². The highest BCUT2D eigenvalue weighted by molar-refractivity contribution is 7.10. The molecule has 1 aliphatic carbocycles. The fourth-order valence-electron chi connectivity index (χ4n) is 4.49. The number of para-hydroxylation sites is 1. The van der Waals surface area contributed by atoms with Crippen LogP contribution in [0.25, 0.3) is 0 Å². The van der Waals surface area contributed by atoms with Gasteiger partial charge in [0.05, 0.1) is 14.2 Å². The van der Waals surface area contributed by atoms with Gasteiger partial charge in [-0.3, -0.25) is 14.6 Å². The van der Waals surface area contributed by atoms with E-state index in [-0.39, 0.29) is 23.6 Å². The number of carbonyl (C=O) groups excluding carboxylic acids is 2. The molecule has 150 valence electrons. The van der Waals surface area contributed by atoms with E-state index in [1.54, 1.807) is 18.4 Å². The summed E-state index contributed by atoms with van der Waals surface area (Å²) in [6.07, 6.45) is 1.03. The topological polar surface area (TPSA) is 65.0 Å². The van der Waals surface area contributed by atoms with Crippen molar-refractivity contribution in [3.63, 3.8) is 0 Å². The van der Waals surface area contributed by atoms with Gasteiger partial charge in [-0.15, -0.1) is 11.3 Å².